The highest BCUT2D eigenvalue weighted by molar-refractivity contribution is 5.89. The van der Waals surface area contributed by atoms with Crippen LogP contribution < -0.4 is 0 Å². The summed E-state index contributed by atoms with van der Waals surface area (Å²) in [5, 5.41) is 0. The van der Waals surface area contributed by atoms with Crippen molar-refractivity contribution >= 4 is 5.97 Å². The number of ether oxygens (including phenoxy) is 10. The first-order chi connectivity index (χ1) is 36.8. The predicted octanol–water partition coefficient (Wildman–Crippen LogP) is 11.5. The Morgan fingerprint density at radius 1 is 0.587 bits per heavy atom. The van der Waals surface area contributed by atoms with Gasteiger partial charge in [-0.2, -0.15) is 0 Å². The van der Waals surface area contributed by atoms with Crippen LogP contribution in [0.15, 0.2) is 224 Å². The quantitative estimate of drug-likeness (QED) is 0.0390. The van der Waals surface area contributed by atoms with E-state index in [1.807, 2.05) is 179 Å². The fourth-order valence-corrected chi connectivity index (χ4v) is 10.2. The van der Waals surface area contributed by atoms with Crippen molar-refractivity contribution in [2.75, 3.05) is 13.2 Å². The summed E-state index contributed by atoms with van der Waals surface area (Å²) in [6.45, 7) is 6.60. The molecule has 3 heterocycles. The molecule has 0 amide bonds. The van der Waals surface area contributed by atoms with Crippen molar-refractivity contribution in [3.05, 3.63) is 263 Å². The lowest BCUT2D eigenvalue weighted by atomic mass is 9.80. The summed E-state index contributed by atoms with van der Waals surface area (Å²) in [6.07, 6.45) is -5.80. The van der Waals surface area contributed by atoms with Crippen molar-refractivity contribution in [2.24, 2.45) is 0 Å². The molecule has 386 valence electrons. The molecule has 3 saturated heterocycles. The van der Waals surface area contributed by atoms with Crippen molar-refractivity contribution in [3.63, 3.8) is 0 Å². The average Bonchev–Trinajstić information content (AvgIpc) is 3.95. The second-order valence-electron chi connectivity index (χ2n) is 19.3. The van der Waals surface area contributed by atoms with Crippen LogP contribution in [0.3, 0.4) is 0 Å². The van der Waals surface area contributed by atoms with Gasteiger partial charge in [0.2, 0.25) is 6.29 Å². The smallest absolute Gasteiger partial charge is 0.340 e. The zero-order valence-electron chi connectivity index (χ0n) is 42.5. The molecule has 0 saturated carbocycles. The minimum Gasteiger partial charge on any atom is -0.429 e. The zero-order valence-corrected chi connectivity index (χ0v) is 42.5. The van der Waals surface area contributed by atoms with E-state index in [9.17, 15) is 4.79 Å². The van der Waals surface area contributed by atoms with Gasteiger partial charge in [-0.1, -0.05) is 206 Å². The van der Waals surface area contributed by atoms with E-state index in [2.05, 4.69) is 36.4 Å². The molecule has 11 heteroatoms. The minimum absolute atomic E-state index is 0.0782. The van der Waals surface area contributed by atoms with Gasteiger partial charge < -0.3 is 47.4 Å². The van der Waals surface area contributed by atoms with Crippen LogP contribution in [0.1, 0.15) is 64.5 Å². The molecule has 3 aliphatic rings. The topological polar surface area (TPSA) is 109 Å². The number of fused-ring (bicyclic) bond motifs is 1. The molecule has 0 N–H and O–H groups in total. The summed E-state index contributed by atoms with van der Waals surface area (Å²) in [5.74, 6) is -1.64. The van der Waals surface area contributed by atoms with Crippen LogP contribution in [0.5, 0.6) is 0 Å². The summed E-state index contributed by atoms with van der Waals surface area (Å²) in [4.78, 5) is 13.8. The lowest BCUT2D eigenvalue weighted by molar-refractivity contribution is -0.286. The van der Waals surface area contributed by atoms with Gasteiger partial charge in [-0.25, -0.2) is 4.79 Å². The molecule has 0 bridgehead atoms. The molecule has 0 spiro atoms. The number of hydrogen-bond donors (Lipinski definition) is 0. The standard InChI is InChI=1S/C64H64O11/c1-4-52-55(67-41-46-28-14-6-15-29-46)56(68-42-47-30-16-7-17-31-47)53(43-66-40-45-26-12-5-13-27-45)70-61(52)71-54(57-58-59(75-63(2,3)74-58)62(72-57)73-60(65)48-32-18-8-19-33-48)44-69-64(49-34-20-9-21-35-49,50-36-22-10-23-37-50)51-38-24-11-25-39-51/h4-39,53-59,61-62H,40-44H2,1-3H3/b52-4+/t53-,54+,55-,56-,57+,58-,59+,61?,62-/m1/s1. The van der Waals surface area contributed by atoms with E-state index in [0.29, 0.717) is 24.4 Å². The minimum atomic E-state index is -1.17. The van der Waals surface area contributed by atoms with E-state index >= 15 is 0 Å². The van der Waals surface area contributed by atoms with Crippen molar-refractivity contribution in [1.29, 1.82) is 0 Å². The van der Waals surface area contributed by atoms with Crippen LogP contribution >= 0.6 is 0 Å². The summed E-state index contributed by atoms with van der Waals surface area (Å²) >= 11 is 0. The molecule has 1 unspecified atom stereocenters. The van der Waals surface area contributed by atoms with E-state index < -0.39 is 72.7 Å². The van der Waals surface area contributed by atoms with Gasteiger partial charge in [0.25, 0.3) is 0 Å². The lowest BCUT2D eigenvalue weighted by Crippen LogP contribution is -2.56. The second kappa shape index (κ2) is 24.4. The predicted molar refractivity (Wildman–Crippen MR) is 283 cm³/mol. The molecule has 3 aliphatic heterocycles. The molecular weight excluding hydrogens is 945 g/mol. The largest absolute Gasteiger partial charge is 0.429 e. The number of allylic oxidation sites excluding steroid dienone is 1. The third-order valence-corrected chi connectivity index (χ3v) is 13.8. The van der Waals surface area contributed by atoms with Crippen LogP contribution in [0.4, 0.5) is 0 Å². The summed E-state index contributed by atoms with van der Waals surface area (Å²) in [5.41, 5.74) is 5.60. The second-order valence-corrected chi connectivity index (χ2v) is 19.3. The summed E-state index contributed by atoms with van der Waals surface area (Å²) in [7, 11) is 0. The third kappa shape index (κ3) is 12.2. The van der Waals surface area contributed by atoms with Crippen LogP contribution in [-0.2, 0) is 72.8 Å². The summed E-state index contributed by atoms with van der Waals surface area (Å²) < 4.78 is 69.0. The number of carbonyl (C=O) groups excluding carboxylic acids is 1. The van der Waals surface area contributed by atoms with Crippen molar-refractivity contribution in [1.82, 2.24) is 0 Å². The highest BCUT2D eigenvalue weighted by Gasteiger charge is 2.60. The van der Waals surface area contributed by atoms with Crippen LogP contribution in [0, 0.1) is 0 Å². The number of esters is 1. The monoisotopic (exact) mass is 1010 g/mol. The molecule has 75 heavy (non-hydrogen) atoms. The van der Waals surface area contributed by atoms with Crippen LogP contribution in [0.25, 0.3) is 0 Å². The molecule has 9 atom stereocenters. The van der Waals surface area contributed by atoms with Gasteiger partial charge in [0.1, 0.15) is 42.2 Å². The normalized spacial score (nSPS) is 24.1. The fourth-order valence-electron chi connectivity index (χ4n) is 10.2. The molecule has 11 nitrogen and oxygen atoms in total. The van der Waals surface area contributed by atoms with Crippen LogP contribution in [-0.4, -0.2) is 80.3 Å². The number of hydrogen-bond acceptors (Lipinski definition) is 11. The maximum atomic E-state index is 13.8. The average molecular weight is 1010 g/mol. The van der Waals surface area contributed by atoms with Crippen molar-refractivity contribution < 1.29 is 52.2 Å². The van der Waals surface area contributed by atoms with Gasteiger partial charge >= 0.3 is 5.97 Å². The highest BCUT2D eigenvalue weighted by atomic mass is 16.8. The Morgan fingerprint density at radius 2 is 1.05 bits per heavy atom. The maximum Gasteiger partial charge on any atom is 0.340 e. The Morgan fingerprint density at radius 3 is 1.57 bits per heavy atom. The van der Waals surface area contributed by atoms with Crippen molar-refractivity contribution in [2.45, 2.75) is 107 Å². The van der Waals surface area contributed by atoms with E-state index in [-0.39, 0.29) is 19.8 Å². The van der Waals surface area contributed by atoms with Gasteiger partial charge in [-0.3, -0.25) is 0 Å². The molecular formula is C64H64O11. The molecule has 0 aliphatic carbocycles. The van der Waals surface area contributed by atoms with Gasteiger partial charge in [0, 0.05) is 5.57 Å². The molecule has 10 rings (SSSR count). The Bertz CT molecular complexity index is 2780. The fraction of sp³-hybridized carbons (Fsp3) is 0.297. The van der Waals surface area contributed by atoms with Gasteiger partial charge in [0.15, 0.2) is 18.2 Å². The Hall–Kier alpha value is -6.61. The lowest BCUT2D eigenvalue weighted by Gasteiger charge is -2.45. The first-order valence-electron chi connectivity index (χ1n) is 25.8. The first-order valence-corrected chi connectivity index (χ1v) is 25.8. The van der Waals surface area contributed by atoms with E-state index in [4.69, 9.17) is 47.4 Å². The third-order valence-electron chi connectivity index (χ3n) is 13.8. The number of rotatable bonds is 21. The highest BCUT2D eigenvalue weighted by Crippen LogP contribution is 2.45. The van der Waals surface area contributed by atoms with E-state index in [1.54, 1.807) is 24.3 Å². The number of carbonyl (C=O) groups is 1. The van der Waals surface area contributed by atoms with Gasteiger partial charge in [-0.15, -0.1) is 0 Å². The molecule has 0 aromatic heterocycles. The van der Waals surface area contributed by atoms with E-state index in [0.717, 1.165) is 33.4 Å². The van der Waals surface area contributed by atoms with Gasteiger partial charge in [-0.05, 0) is 66.3 Å². The maximum absolute atomic E-state index is 13.8. The molecule has 3 fully saturated rings. The molecule has 0 radical (unpaired) electrons. The van der Waals surface area contributed by atoms with Gasteiger partial charge in [0.05, 0.1) is 38.6 Å². The first kappa shape index (κ1) is 51.9. The molecule has 7 aromatic carbocycles. The van der Waals surface area contributed by atoms with Crippen LogP contribution in [0.2, 0.25) is 0 Å². The zero-order chi connectivity index (χ0) is 51.5. The number of benzene rings is 7. The summed E-state index contributed by atoms with van der Waals surface area (Å²) in [6, 6.07) is 69.4. The SMILES string of the molecule is C/C=C1/C(O[C@@H](COC(c2ccccc2)(c2ccccc2)c2ccccc2)[C@@H]2O[C@H](OC(=O)c3ccccc3)[C@H]3OC(C)(C)O[C@@H]32)O[C@H](COCc2ccccc2)[C@@H](OCc2ccccc2)[C@@H]1OCc1ccccc1. The molecule has 7 aromatic rings. The Balaban J connectivity index is 1.05. The Labute approximate surface area is 439 Å². The Kier molecular flexibility index (Phi) is 16.9. The van der Waals surface area contributed by atoms with E-state index in [1.165, 1.54) is 0 Å². The van der Waals surface area contributed by atoms with Crippen molar-refractivity contribution in [3.8, 4) is 0 Å².